The van der Waals surface area contributed by atoms with E-state index in [9.17, 15) is 0 Å². The standard InChI is InChI=1S/C16H18ClNO/c1-11-6-7-15(12(2)10-11)19-16-13(8-9-18)4-3-5-14(16)17/h3-7,10H,8-9,18H2,1-2H3. The second kappa shape index (κ2) is 6.09. The molecular formula is C16H18ClNO. The fourth-order valence-corrected chi connectivity index (χ4v) is 2.28. The van der Waals surface area contributed by atoms with Crippen molar-refractivity contribution in [2.45, 2.75) is 20.3 Å². The zero-order valence-corrected chi connectivity index (χ0v) is 12.0. The minimum Gasteiger partial charge on any atom is -0.455 e. The van der Waals surface area contributed by atoms with E-state index in [2.05, 4.69) is 13.0 Å². The van der Waals surface area contributed by atoms with Crippen LogP contribution in [0.25, 0.3) is 0 Å². The largest absolute Gasteiger partial charge is 0.455 e. The summed E-state index contributed by atoms with van der Waals surface area (Å²) in [5.41, 5.74) is 8.97. The maximum Gasteiger partial charge on any atom is 0.149 e. The highest BCUT2D eigenvalue weighted by Crippen LogP contribution is 2.34. The Kier molecular flexibility index (Phi) is 4.46. The Morgan fingerprint density at radius 3 is 2.63 bits per heavy atom. The molecule has 0 unspecified atom stereocenters. The molecule has 0 saturated heterocycles. The quantitative estimate of drug-likeness (QED) is 0.905. The molecule has 0 fully saturated rings. The summed E-state index contributed by atoms with van der Waals surface area (Å²) in [5, 5.41) is 0.617. The first-order chi connectivity index (χ1) is 9.11. The van der Waals surface area contributed by atoms with E-state index in [1.54, 1.807) is 0 Å². The Labute approximate surface area is 119 Å². The lowest BCUT2D eigenvalue weighted by atomic mass is 10.1. The lowest BCUT2D eigenvalue weighted by Crippen LogP contribution is -2.04. The van der Waals surface area contributed by atoms with Crippen LogP contribution in [-0.2, 0) is 6.42 Å². The Morgan fingerprint density at radius 1 is 1.16 bits per heavy atom. The van der Waals surface area contributed by atoms with Gasteiger partial charge in [0, 0.05) is 0 Å². The zero-order chi connectivity index (χ0) is 13.8. The van der Waals surface area contributed by atoms with Crippen molar-refractivity contribution in [2.75, 3.05) is 6.54 Å². The van der Waals surface area contributed by atoms with Gasteiger partial charge in [-0.3, -0.25) is 0 Å². The third-order valence-corrected chi connectivity index (χ3v) is 3.30. The highest BCUT2D eigenvalue weighted by Gasteiger charge is 2.10. The van der Waals surface area contributed by atoms with Crippen LogP contribution in [0, 0.1) is 13.8 Å². The van der Waals surface area contributed by atoms with Crippen molar-refractivity contribution in [3.8, 4) is 11.5 Å². The van der Waals surface area contributed by atoms with Crippen LogP contribution in [0.5, 0.6) is 11.5 Å². The number of aryl methyl sites for hydroxylation is 2. The number of halogens is 1. The average molecular weight is 276 g/mol. The summed E-state index contributed by atoms with van der Waals surface area (Å²) in [5.74, 6) is 1.54. The third kappa shape index (κ3) is 3.28. The maximum atomic E-state index is 6.23. The first-order valence-corrected chi connectivity index (χ1v) is 6.72. The first-order valence-electron chi connectivity index (χ1n) is 6.34. The lowest BCUT2D eigenvalue weighted by molar-refractivity contribution is 0.472. The van der Waals surface area contributed by atoms with Crippen molar-refractivity contribution < 1.29 is 4.74 Å². The van der Waals surface area contributed by atoms with Crippen molar-refractivity contribution >= 4 is 11.6 Å². The lowest BCUT2D eigenvalue weighted by Gasteiger charge is -2.14. The molecule has 0 aliphatic heterocycles. The molecule has 19 heavy (non-hydrogen) atoms. The molecule has 0 atom stereocenters. The number of hydrogen-bond acceptors (Lipinski definition) is 2. The summed E-state index contributed by atoms with van der Waals surface area (Å²) in [6.07, 6.45) is 0.751. The van der Waals surface area contributed by atoms with Gasteiger partial charge >= 0.3 is 0 Å². The van der Waals surface area contributed by atoms with Gasteiger partial charge in [-0.1, -0.05) is 41.4 Å². The highest BCUT2D eigenvalue weighted by molar-refractivity contribution is 6.32. The van der Waals surface area contributed by atoms with E-state index in [0.717, 1.165) is 23.3 Å². The van der Waals surface area contributed by atoms with Gasteiger partial charge < -0.3 is 10.5 Å². The van der Waals surface area contributed by atoms with Crippen LogP contribution in [0.1, 0.15) is 16.7 Å². The van der Waals surface area contributed by atoms with Crippen LogP contribution in [0.4, 0.5) is 0 Å². The number of hydrogen-bond donors (Lipinski definition) is 1. The molecule has 0 aromatic heterocycles. The zero-order valence-electron chi connectivity index (χ0n) is 11.2. The second-order valence-corrected chi connectivity index (χ2v) is 5.04. The Balaban J connectivity index is 2.37. The molecule has 2 nitrogen and oxygen atoms in total. The summed E-state index contributed by atoms with van der Waals surface area (Å²) in [4.78, 5) is 0. The number of rotatable bonds is 4. The maximum absolute atomic E-state index is 6.23. The van der Waals surface area contributed by atoms with Crippen LogP contribution < -0.4 is 10.5 Å². The molecular weight excluding hydrogens is 258 g/mol. The van der Waals surface area contributed by atoms with Crippen LogP contribution in [0.3, 0.4) is 0 Å². The fourth-order valence-electron chi connectivity index (χ4n) is 2.04. The van der Waals surface area contributed by atoms with Gasteiger partial charge in [-0.25, -0.2) is 0 Å². The van der Waals surface area contributed by atoms with Gasteiger partial charge in [0.2, 0.25) is 0 Å². The summed E-state index contributed by atoms with van der Waals surface area (Å²) < 4.78 is 5.99. The molecule has 2 aromatic carbocycles. The molecule has 0 aliphatic rings. The molecule has 0 aliphatic carbocycles. The predicted octanol–water partition coefficient (Wildman–Crippen LogP) is 4.25. The molecule has 2 N–H and O–H groups in total. The van der Waals surface area contributed by atoms with E-state index in [0.29, 0.717) is 17.3 Å². The van der Waals surface area contributed by atoms with Crippen molar-refractivity contribution in [3.63, 3.8) is 0 Å². The fraction of sp³-hybridized carbons (Fsp3) is 0.250. The van der Waals surface area contributed by atoms with Crippen molar-refractivity contribution in [3.05, 3.63) is 58.1 Å². The van der Waals surface area contributed by atoms with Gasteiger partial charge in [0.25, 0.3) is 0 Å². The molecule has 0 saturated carbocycles. The van der Waals surface area contributed by atoms with Crippen LogP contribution in [0.2, 0.25) is 5.02 Å². The molecule has 2 aromatic rings. The molecule has 0 heterocycles. The first kappa shape index (κ1) is 13.9. The average Bonchev–Trinajstić information content (AvgIpc) is 2.36. The van der Waals surface area contributed by atoms with E-state index in [1.165, 1.54) is 5.56 Å². The highest BCUT2D eigenvalue weighted by atomic mass is 35.5. The molecule has 100 valence electrons. The van der Waals surface area contributed by atoms with E-state index in [-0.39, 0.29) is 0 Å². The molecule has 0 radical (unpaired) electrons. The van der Waals surface area contributed by atoms with Gasteiger partial charge in [-0.2, -0.15) is 0 Å². The van der Waals surface area contributed by atoms with Crippen molar-refractivity contribution in [1.29, 1.82) is 0 Å². The van der Waals surface area contributed by atoms with E-state index in [1.807, 2.05) is 37.3 Å². The number of nitrogens with two attached hydrogens (primary N) is 1. The van der Waals surface area contributed by atoms with Crippen LogP contribution >= 0.6 is 11.6 Å². The molecule has 0 bridgehead atoms. The van der Waals surface area contributed by atoms with Crippen molar-refractivity contribution in [1.82, 2.24) is 0 Å². The molecule has 2 rings (SSSR count). The van der Waals surface area contributed by atoms with Gasteiger partial charge in [0.1, 0.15) is 11.5 Å². The number of ether oxygens (including phenoxy) is 1. The SMILES string of the molecule is Cc1ccc(Oc2c(Cl)cccc2CCN)c(C)c1. The van der Waals surface area contributed by atoms with Crippen LogP contribution in [0.15, 0.2) is 36.4 Å². The molecule has 3 heteroatoms. The Bertz CT molecular complexity index is 581. The molecule has 0 amide bonds. The smallest absolute Gasteiger partial charge is 0.149 e. The van der Waals surface area contributed by atoms with Gasteiger partial charge in [-0.05, 0) is 50.1 Å². The number of benzene rings is 2. The minimum absolute atomic E-state index is 0.573. The predicted molar refractivity (Wildman–Crippen MR) is 80.2 cm³/mol. The van der Waals surface area contributed by atoms with Gasteiger partial charge in [-0.15, -0.1) is 0 Å². The summed E-state index contributed by atoms with van der Waals surface area (Å²) in [7, 11) is 0. The Morgan fingerprint density at radius 2 is 1.95 bits per heavy atom. The summed E-state index contributed by atoms with van der Waals surface area (Å²) in [6.45, 7) is 4.66. The Hall–Kier alpha value is -1.51. The normalized spacial score (nSPS) is 10.5. The topological polar surface area (TPSA) is 35.2 Å². The summed E-state index contributed by atoms with van der Waals surface area (Å²) >= 11 is 6.23. The van der Waals surface area contributed by atoms with E-state index >= 15 is 0 Å². The minimum atomic E-state index is 0.573. The number of para-hydroxylation sites is 1. The molecule has 0 spiro atoms. The van der Waals surface area contributed by atoms with Gasteiger partial charge in [0.15, 0.2) is 0 Å². The summed E-state index contributed by atoms with van der Waals surface area (Å²) in [6, 6.07) is 11.8. The third-order valence-electron chi connectivity index (χ3n) is 3.00. The van der Waals surface area contributed by atoms with E-state index in [4.69, 9.17) is 22.1 Å². The van der Waals surface area contributed by atoms with Crippen molar-refractivity contribution in [2.24, 2.45) is 5.73 Å². The monoisotopic (exact) mass is 275 g/mol. The van der Waals surface area contributed by atoms with Crippen LogP contribution in [-0.4, -0.2) is 6.54 Å². The van der Waals surface area contributed by atoms with E-state index < -0.39 is 0 Å². The van der Waals surface area contributed by atoms with Gasteiger partial charge in [0.05, 0.1) is 5.02 Å². The second-order valence-electron chi connectivity index (χ2n) is 4.64.